The quantitative estimate of drug-likeness (QED) is 0.844. The van der Waals surface area contributed by atoms with E-state index < -0.39 is 30.1 Å². The minimum absolute atomic E-state index is 0.127. The monoisotopic (exact) mass is 342 g/mol. The largest absolute Gasteiger partial charge is 0.492 e. The van der Waals surface area contributed by atoms with Crippen LogP contribution in [0.25, 0.3) is 6.08 Å². The van der Waals surface area contributed by atoms with Crippen LogP contribution in [0.5, 0.6) is 0 Å². The maximum absolute atomic E-state index is 12.8. The Balaban J connectivity index is 2.31. The van der Waals surface area contributed by atoms with E-state index >= 15 is 0 Å². The molecule has 0 unspecified atom stereocenters. The Labute approximate surface area is 140 Å². The van der Waals surface area contributed by atoms with Crippen molar-refractivity contribution in [2.45, 2.75) is 52.0 Å². The van der Waals surface area contributed by atoms with Gasteiger partial charge in [-0.25, -0.2) is 0 Å². The van der Waals surface area contributed by atoms with Gasteiger partial charge in [-0.05, 0) is 57.3 Å². The summed E-state index contributed by atoms with van der Waals surface area (Å²) in [4.78, 5) is 0. The highest BCUT2D eigenvalue weighted by atomic mass is 19.4. The van der Waals surface area contributed by atoms with E-state index in [0.717, 1.165) is 6.07 Å². The highest BCUT2D eigenvalue weighted by Gasteiger charge is 2.52. The van der Waals surface area contributed by atoms with Crippen LogP contribution in [0, 0.1) is 6.92 Å². The van der Waals surface area contributed by atoms with Gasteiger partial charge in [0.05, 0.1) is 23.4 Å². The molecule has 1 aromatic carbocycles. The number of aliphatic hydroxyl groups excluding tert-OH is 1. The van der Waals surface area contributed by atoms with Crippen LogP contribution in [0.2, 0.25) is 0 Å². The van der Waals surface area contributed by atoms with E-state index in [9.17, 15) is 18.3 Å². The van der Waals surface area contributed by atoms with Crippen molar-refractivity contribution in [3.8, 4) is 0 Å². The lowest BCUT2D eigenvalue weighted by atomic mass is 9.77. The maximum atomic E-state index is 12.8. The summed E-state index contributed by atoms with van der Waals surface area (Å²) in [6.07, 6.45) is -2.77. The summed E-state index contributed by atoms with van der Waals surface area (Å²) in [6.45, 7) is 8.67. The second-order valence-electron chi connectivity index (χ2n) is 7.04. The number of hydrogen-bond acceptors (Lipinski definition) is 3. The molecule has 1 fully saturated rings. The molecule has 1 aliphatic rings. The first-order valence-corrected chi connectivity index (χ1v) is 7.72. The zero-order valence-electron chi connectivity index (χ0n) is 14.5. The van der Waals surface area contributed by atoms with Gasteiger partial charge in [0.2, 0.25) is 0 Å². The zero-order chi connectivity index (χ0) is 18.3. The molecule has 0 atom stereocenters. The molecular weight excluding hydrogens is 320 g/mol. The fourth-order valence-corrected chi connectivity index (χ4v) is 2.49. The van der Waals surface area contributed by atoms with Gasteiger partial charge in [0.1, 0.15) is 0 Å². The van der Waals surface area contributed by atoms with Gasteiger partial charge in [-0.2, -0.15) is 13.2 Å². The third-order valence-corrected chi connectivity index (χ3v) is 4.65. The molecule has 1 N–H and O–H groups in total. The third-order valence-electron chi connectivity index (χ3n) is 4.65. The van der Waals surface area contributed by atoms with Crippen LogP contribution < -0.4 is 0 Å². The van der Waals surface area contributed by atoms with Gasteiger partial charge in [0.15, 0.2) is 0 Å². The van der Waals surface area contributed by atoms with E-state index in [1.807, 2.05) is 27.7 Å². The number of halogens is 3. The van der Waals surface area contributed by atoms with Crippen molar-refractivity contribution in [2.24, 2.45) is 0 Å². The van der Waals surface area contributed by atoms with E-state index in [1.165, 1.54) is 19.1 Å². The van der Waals surface area contributed by atoms with Gasteiger partial charge >= 0.3 is 13.3 Å². The Kier molecular flexibility index (Phi) is 4.92. The first-order chi connectivity index (χ1) is 10.9. The van der Waals surface area contributed by atoms with Gasteiger partial charge in [0.25, 0.3) is 0 Å². The minimum Gasteiger partial charge on any atom is -0.400 e. The van der Waals surface area contributed by atoms with Crippen molar-refractivity contribution in [1.29, 1.82) is 0 Å². The molecule has 0 aliphatic carbocycles. The lowest BCUT2D eigenvalue weighted by Crippen LogP contribution is -2.41. The Morgan fingerprint density at radius 1 is 1.17 bits per heavy atom. The summed E-state index contributed by atoms with van der Waals surface area (Å²) < 4.78 is 50.2. The molecule has 0 amide bonds. The Bertz CT molecular complexity index is 635. The van der Waals surface area contributed by atoms with E-state index in [0.29, 0.717) is 11.0 Å². The maximum Gasteiger partial charge on any atom is 0.492 e. The molecule has 24 heavy (non-hydrogen) atoms. The number of benzene rings is 1. The first-order valence-electron chi connectivity index (χ1n) is 7.72. The smallest absolute Gasteiger partial charge is 0.400 e. The van der Waals surface area contributed by atoms with E-state index in [-0.39, 0.29) is 12.2 Å². The second kappa shape index (κ2) is 6.21. The summed E-state index contributed by atoms with van der Waals surface area (Å²) in [5.41, 5.74) is -0.625. The van der Waals surface area contributed by atoms with Crippen LogP contribution in [0.3, 0.4) is 0 Å². The topological polar surface area (TPSA) is 38.7 Å². The molecule has 1 saturated heterocycles. The molecule has 1 aromatic rings. The van der Waals surface area contributed by atoms with E-state index in [4.69, 9.17) is 9.31 Å². The molecule has 0 saturated carbocycles. The molecule has 1 heterocycles. The predicted molar refractivity (Wildman–Crippen MR) is 87.3 cm³/mol. The minimum atomic E-state index is -4.38. The van der Waals surface area contributed by atoms with Crippen molar-refractivity contribution in [3.05, 3.63) is 40.4 Å². The SMILES string of the molecule is Cc1cc(C=C(CO)B2OC(C)(C)C(C)(C)O2)ccc1C(F)(F)F. The van der Waals surface area contributed by atoms with E-state index in [1.54, 1.807) is 6.08 Å². The summed E-state index contributed by atoms with van der Waals surface area (Å²) in [6, 6.07) is 3.85. The highest BCUT2D eigenvalue weighted by Crippen LogP contribution is 2.39. The average molecular weight is 342 g/mol. The van der Waals surface area contributed by atoms with Gasteiger partial charge < -0.3 is 14.4 Å². The number of alkyl halides is 3. The summed E-state index contributed by atoms with van der Waals surface area (Å²) in [7, 11) is -0.734. The van der Waals surface area contributed by atoms with Crippen LogP contribution in [-0.2, 0) is 15.5 Å². The van der Waals surface area contributed by atoms with Gasteiger partial charge in [-0.15, -0.1) is 0 Å². The number of aryl methyl sites for hydroxylation is 1. The molecule has 0 spiro atoms. The first kappa shape index (κ1) is 19.0. The molecular formula is C17H22BF3O3. The van der Waals surface area contributed by atoms with Crippen LogP contribution >= 0.6 is 0 Å². The van der Waals surface area contributed by atoms with Crippen molar-refractivity contribution < 1.29 is 27.6 Å². The van der Waals surface area contributed by atoms with Crippen molar-refractivity contribution in [3.63, 3.8) is 0 Å². The summed E-state index contributed by atoms with van der Waals surface area (Å²) in [5.74, 6) is 0. The molecule has 7 heteroatoms. The van der Waals surface area contributed by atoms with Crippen LogP contribution in [0.1, 0.15) is 44.4 Å². The summed E-state index contributed by atoms with van der Waals surface area (Å²) in [5, 5.41) is 9.63. The molecule has 1 aliphatic heterocycles. The molecule has 0 radical (unpaired) electrons. The van der Waals surface area contributed by atoms with Crippen LogP contribution in [0.15, 0.2) is 23.7 Å². The fourth-order valence-electron chi connectivity index (χ4n) is 2.49. The van der Waals surface area contributed by atoms with Crippen LogP contribution in [0.4, 0.5) is 13.2 Å². The Hall–Kier alpha value is -1.31. The van der Waals surface area contributed by atoms with Gasteiger partial charge in [0, 0.05) is 0 Å². The number of rotatable bonds is 3. The van der Waals surface area contributed by atoms with Crippen LogP contribution in [-0.4, -0.2) is 30.0 Å². The Morgan fingerprint density at radius 2 is 1.71 bits per heavy atom. The molecule has 0 aromatic heterocycles. The summed E-state index contributed by atoms with van der Waals surface area (Å²) >= 11 is 0. The molecule has 3 nitrogen and oxygen atoms in total. The molecule has 2 rings (SSSR count). The number of aliphatic hydroxyl groups is 1. The van der Waals surface area contributed by atoms with Crippen molar-refractivity contribution >= 4 is 13.2 Å². The second-order valence-corrected chi connectivity index (χ2v) is 7.04. The highest BCUT2D eigenvalue weighted by molar-refractivity contribution is 6.55. The Morgan fingerprint density at radius 3 is 2.12 bits per heavy atom. The lowest BCUT2D eigenvalue weighted by Gasteiger charge is -2.32. The normalized spacial score (nSPS) is 20.5. The third kappa shape index (κ3) is 3.68. The van der Waals surface area contributed by atoms with Gasteiger partial charge in [-0.3, -0.25) is 0 Å². The van der Waals surface area contributed by atoms with Gasteiger partial charge in [-0.1, -0.05) is 18.2 Å². The fraction of sp³-hybridized carbons (Fsp3) is 0.529. The average Bonchev–Trinajstić information content (AvgIpc) is 2.63. The number of hydrogen-bond donors (Lipinski definition) is 1. The molecule has 132 valence electrons. The van der Waals surface area contributed by atoms with Crippen molar-refractivity contribution in [2.75, 3.05) is 6.61 Å². The predicted octanol–water partition coefficient (Wildman–Crippen LogP) is 4.02. The van der Waals surface area contributed by atoms with E-state index in [2.05, 4.69) is 0 Å². The van der Waals surface area contributed by atoms with Crippen molar-refractivity contribution in [1.82, 2.24) is 0 Å². The molecule has 0 bridgehead atoms. The standard InChI is InChI=1S/C17H22BF3O3/c1-11-8-12(6-7-14(11)17(19,20)21)9-13(10-22)18-23-15(2,3)16(4,5)24-18/h6-9,22H,10H2,1-5H3. The lowest BCUT2D eigenvalue weighted by molar-refractivity contribution is -0.138. The zero-order valence-corrected chi connectivity index (χ0v) is 14.5.